The Morgan fingerprint density at radius 1 is 1.00 bits per heavy atom. The molecule has 1 fully saturated rings. The number of nitrogens with one attached hydrogen (secondary N) is 3. The van der Waals surface area contributed by atoms with Crippen molar-refractivity contribution in [2.45, 2.75) is 117 Å². The molecule has 3 N–H and O–H groups in total. The second-order valence-corrected chi connectivity index (χ2v) is 17.5. The number of esters is 3. The van der Waals surface area contributed by atoms with E-state index in [1.165, 1.54) is 13.2 Å². The first-order chi connectivity index (χ1) is 28.1. The number of methoxy groups -OCH3 is 1. The lowest BCUT2D eigenvalue weighted by Crippen LogP contribution is -2.51. The van der Waals surface area contributed by atoms with E-state index in [0.717, 1.165) is 5.56 Å². The highest BCUT2D eigenvalue weighted by Gasteiger charge is 2.48. The van der Waals surface area contributed by atoms with Gasteiger partial charge in [-0.3, -0.25) is 19.2 Å². The first-order valence-electron chi connectivity index (χ1n) is 20.0. The SMILES string of the molecule is COc1ccc(C[C@H]2NC(=O)C=CC[C@@H]([C@H](C)[C@H]3O[C@@H]3c3ccc(COC(=O)CNC(=O)OC(C)(C)C)cc3)OC(=O)[C@H](CC(C)C)OC(=O)C(C)(C)CNC2=O)cc1Cl. The maximum absolute atomic E-state index is 13.8. The molecule has 0 spiro atoms. The minimum absolute atomic E-state index is 0.0149. The molecule has 15 nitrogen and oxygen atoms in total. The molecule has 3 amide bonds. The van der Waals surface area contributed by atoms with Crippen molar-refractivity contribution in [3.63, 3.8) is 0 Å². The normalized spacial score (nSPS) is 23.0. The van der Waals surface area contributed by atoms with Gasteiger partial charge in [0.2, 0.25) is 11.8 Å². The van der Waals surface area contributed by atoms with Gasteiger partial charge in [-0.05, 0) is 81.9 Å². The number of hydrogen-bond donors (Lipinski definition) is 3. The zero-order valence-electron chi connectivity index (χ0n) is 35.8. The highest BCUT2D eigenvalue weighted by atomic mass is 35.5. The molecular weight excluding hydrogens is 798 g/mol. The molecule has 0 bridgehead atoms. The number of epoxide rings is 1. The minimum atomic E-state index is -1.25. The number of rotatable bonds is 12. The number of benzene rings is 2. The van der Waals surface area contributed by atoms with Gasteiger partial charge in [-0.2, -0.15) is 0 Å². The van der Waals surface area contributed by atoms with Crippen LogP contribution in [0.2, 0.25) is 5.02 Å². The Bertz CT molecular complexity index is 1890. The molecule has 4 rings (SSSR count). The lowest BCUT2D eigenvalue weighted by molar-refractivity contribution is -0.179. The van der Waals surface area contributed by atoms with Crippen molar-refractivity contribution in [3.8, 4) is 5.75 Å². The van der Waals surface area contributed by atoms with Crippen LogP contribution in [-0.4, -0.2) is 86.0 Å². The Labute approximate surface area is 356 Å². The van der Waals surface area contributed by atoms with Crippen molar-refractivity contribution >= 4 is 47.4 Å². The number of carbonyl (C=O) groups excluding carboxylic acids is 6. The molecule has 60 heavy (non-hydrogen) atoms. The van der Waals surface area contributed by atoms with Gasteiger partial charge in [-0.1, -0.05) is 68.8 Å². The van der Waals surface area contributed by atoms with Crippen molar-refractivity contribution in [1.82, 2.24) is 16.0 Å². The van der Waals surface area contributed by atoms with E-state index >= 15 is 0 Å². The van der Waals surface area contributed by atoms with Crippen LogP contribution in [0, 0.1) is 17.3 Å². The maximum Gasteiger partial charge on any atom is 0.408 e. The molecule has 0 radical (unpaired) electrons. The van der Waals surface area contributed by atoms with Crippen LogP contribution in [0.3, 0.4) is 0 Å². The Hall–Kier alpha value is -5.15. The summed E-state index contributed by atoms with van der Waals surface area (Å²) in [7, 11) is 1.49. The molecule has 2 aromatic rings. The first kappa shape index (κ1) is 47.5. The molecule has 0 aliphatic carbocycles. The lowest BCUT2D eigenvalue weighted by Gasteiger charge is -2.29. The number of halogens is 1. The summed E-state index contributed by atoms with van der Waals surface area (Å²) in [4.78, 5) is 78.2. The van der Waals surface area contributed by atoms with Gasteiger partial charge in [0.05, 0.1) is 23.7 Å². The van der Waals surface area contributed by atoms with E-state index < -0.39 is 65.1 Å². The molecular formula is C44H58ClN3O12. The fourth-order valence-corrected chi connectivity index (χ4v) is 6.58. The summed E-state index contributed by atoms with van der Waals surface area (Å²) < 4.78 is 33.7. The third-order valence-corrected chi connectivity index (χ3v) is 10.1. The number of ether oxygens (including phenoxy) is 6. The molecule has 2 aliphatic rings. The monoisotopic (exact) mass is 855 g/mol. The second-order valence-electron chi connectivity index (χ2n) is 17.1. The number of carbonyl (C=O) groups is 6. The van der Waals surface area contributed by atoms with Gasteiger partial charge >= 0.3 is 24.0 Å². The Kier molecular flexibility index (Phi) is 16.5. The Morgan fingerprint density at radius 3 is 2.32 bits per heavy atom. The van der Waals surface area contributed by atoms with E-state index in [2.05, 4.69) is 16.0 Å². The summed E-state index contributed by atoms with van der Waals surface area (Å²) in [5, 5.41) is 8.23. The summed E-state index contributed by atoms with van der Waals surface area (Å²) in [6.45, 7) is 13.5. The largest absolute Gasteiger partial charge is 0.495 e. The van der Waals surface area contributed by atoms with Crippen LogP contribution < -0.4 is 20.7 Å². The molecule has 328 valence electrons. The van der Waals surface area contributed by atoms with E-state index in [9.17, 15) is 28.8 Å². The lowest BCUT2D eigenvalue weighted by atomic mass is 9.92. The van der Waals surface area contributed by atoms with Crippen LogP contribution in [0.1, 0.15) is 91.0 Å². The average Bonchev–Trinajstić information content (AvgIpc) is 3.97. The molecule has 0 saturated carbocycles. The molecule has 0 aromatic heterocycles. The first-order valence-corrected chi connectivity index (χ1v) is 20.4. The minimum Gasteiger partial charge on any atom is -0.495 e. The van der Waals surface area contributed by atoms with Crippen molar-refractivity contribution in [1.29, 1.82) is 0 Å². The quantitative estimate of drug-likeness (QED) is 0.134. The maximum atomic E-state index is 13.8. The third-order valence-electron chi connectivity index (χ3n) is 9.76. The molecule has 1 saturated heterocycles. The van der Waals surface area contributed by atoms with Crippen LogP contribution in [0.5, 0.6) is 5.75 Å². The highest BCUT2D eigenvalue weighted by Crippen LogP contribution is 2.45. The zero-order chi connectivity index (χ0) is 44.4. The summed E-state index contributed by atoms with van der Waals surface area (Å²) in [6, 6.07) is 11.3. The third kappa shape index (κ3) is 14.5. The van der Waals surface area contributed by atoms with Crippen LogP contribution in [0.25, 0.3) is 0 Å². The number of amides is 3. The zero-order valence-corrected chi connectivity index (χ0v) is 36.5. The topological polar surface area (TPSA) is 197 Å². The molecule has 2 aromatic carbocycles. The summed E-state index contributed by atoms with van der Waals surface area (Å²) >= 11 is 6.35. The summed E-state index contributed by atoms with van der Waals surface area (Å²) in [5.74, 6) is -3.10. The Morgan fingerprint density at radius 2 is 1.68 bits per heavy atom. The van der Waals surface area contributed by atoms with Crippen molar-refractivity contribution in [2.24, 2.45) is 17.3 Å². The predicted molar refractivity (Wildman–Crippen MR) is 221 cm³/mol. The van der Waals surface area contributed by atoms with E-state index in [1.54, 1.807) is 71.0 Å². The summed E-state index contributed by atoms with van der Waals surface area (Å²) in [6.07, 6.45) is -0.181. The van der Waals surface area contributed by atoms with Crippen molar-refractivity contribution in [2.75, 3.05) is 20.2 Å². The molecule has 16 heteroatoms. The van der Waals surface area contributed by atoms with Crippen LogP contribution in [0.4, 0.5) is 4.79 Å². The van der Waals surface area contributed by atoms with Gasteiger partial charge in [-0.15, -0.1) is 0 Å². The van der Waals surface area contributed by atoms with E-state index in [-0.39, 0.29) is 63.0 Å². The van der Waals surface area contributed by atoms with Crippen molar-refractivity contribution < 1.29 is 57.2 Å². The molecule has 6 atom stereocenters. The fourth-order valence-electron chi connectivity index (χ4n) is 6.30. The number of cyclic esters (lactones) is 2. The van der Waals surface area contributed by atoms with Crippen LogP contribution >= 0.6 is 11.6 Å². The van der Waals surface area contributed by atoms with Gasteiger partial charge in [0, 0.05) is 25.3 Å². The van der Waals surface area contributed by atoms with Gasteiger partial charge < -0.3 is 44.4 Å². The second kappa shape index (κ2) is 20.9. The average molecular weight is 856 g/mol. The van der Waals surface area contributed by atoms with Gasteiger partial charge in [0.1, 0.15) is 42.8 Å². The van der Waals surface area contributed by atoms with E-state index in [0.29, 0.717) is 21.9 Å². The smallest absolute Gasteiger partial charge is 0.408 e. The van der Waals surface area contributed by atoms with Gasteiger partial charge in [0.25, 0.3) is 0 Å². The molecule has 0 unspecified atom stereocenters. The fraction of sp³-hybridized carbons (Fsp3) is 0.545. The number of hydrogen-bond acceptors (Lipinski definition) is 12. The van der Waals surface area contributed by atoms with Crippen LogP contribution in [-0.2, 0) is 60.7 Å². The van der Waals surface area contributed by atoms with E-state index in [1.807, 2.05) is 32.9 Å². The summed E-state index contributed by atoms with van der Waals surface area (Å²) in [5.41, 5.74) is 0.274. The van der Waals surface area contributed by atoms with Crippen LogP contribution in [0.15, 0.2) is 54.6 Å². The molecule has 2 heterocycles. The van der Waals surface area contributed by atoms with E-state index in [4.69, 9.17) is 40.0 Å². The predicted octanol–water partition coefficient (Wildman–Crippen LogP) is 5.69. The number of alkyl carbamates (subject to hydrolysis) is 1. The Balaban J connectivity index is 1.48. The van der Waals surface area contributed by atoms with Crippen molar-refractivity contribution in [3.05, 3.63) is 76.3 Å². The van der Waals surface area contributed by atoms with Gasteiger partial charge in [0.15, 0.2) is 6.10 Å². The standard InChI is InChI=1S/C44H58ClN3O12/c1-25(2)19-34-40(52)57-32(26(3)37-38(59-37)29-16-13-27(14-17-29)23-56-36(50)22-46-42(54)60-43(4,5)6)11-10-12-35(49)48-31(21-28-15-18-33(55-9)30(45)20-28)39(51)47-24-44(7,8)41(53)58-34/h10,12-18,20,25-26,31-32,34,37-38H,11,19,21-24H2,1-9H3,(H,46,54)(H,47,51)(H,48,49)/t26-,31+,32-,34-,37+,38+/m0/s1. The van der Waals surface area contributed by atoms with Gasteiger partial charge in [-0.25, -0.2) is 9.59 Å². The molecule has 2 aliphatic heterocycles. The highest BCUT2D eigenvalue weighted by molar-refractivity contribution is 6.32.